The number of aromatic nitrogens is 3. The molecule has 0 aliphatic carbocycles. The Balaban J connectivity index is 0.00000289. The molecule has 1 aliphatic heterocycles. The lowest BCUT2D eigenvalue weighted by Crippen LogP contribution is -2.48. The van der Waals surface area contributed by atoms with Crippen LogP contribution in [0.25, 0.3) is 5.65 Å². The Labute approximate surface area is 207 Å². The average molecular weight is 547 g/mol. The van der Waals surface area contributed by atoms with Crippen molar-refractivity contribution >= 4 is 35.6 Å². The van der Waals surface area contributed by atoms with Crippen LogP contribution in [0.2, 0.25) is 0 Å². The van der Waals surface area contributed by atoms with Crippen molar-refractivity contribution in [3.63, 3.8) is 0 Å². The third-order valence-electron chi connectivity index (χ3n) is 5.75. The fraction of sp³-hybridized carbons (Fsp3) is 0.458. The Morgan fingerprint density at radius 3 is 2.72 bits per heavy atom. The number of nitrogens with zero attached hydrogens (tertiary/aromatic N) is 5. The molecule has 4 heterocycles. The van der Waals surface area contributed by atoms with Crippen LogP contribution in [0, 0.1) is 6.92 Å². The maximum absolute atomic E-state index is 4.80. The molecule has 0 atom stereocenters. The summed E-state index contributed by atoms with van der Waals surface area (Å²) in [5, 5.41) is 7.03. The van der Waals surface area contributed by atoms with Crippen molar-refractivity contribution in [2.24, 2.45) is 4.99 Å². The number of fused-ring (bicyclic) bond motifs is 1. The maximum atomic E-state index is 4.80. The van der Waals surface area contributed by atoms with E-state index in [2.05, 4.69) is 69.2 Å². The third-order valence-corrected chi connectivity index (χ3v) is 5.75. The van der Waals surface area contributed by atoms with Gasteiger partial charge >= 0.3 is 0 Å². The SMILES string of the molecule is CCNC(=NCCc1cn2cccc(C)c2n1)NC1CCN(Cc2ccccn2)CC1.I. The van der Waals surface area contributed by atoms with E-state index in [0.29, 0.717) is 6.04 Å². The van der Waals surface area contributed by atoms with E-state index in [4.69, 9.17) is 9.98 Å². The number of imidazole rings is 1. The number of aryl methyl sites for hydroxylation is 1. The molecular weight excluding hydrogens is 513 g/mol. The average Bonchev–Trinajstić information content (AvgIpc) is 3.20. The van der Waals surface area contributed by atoms with E-state index in [9.17, 15) is 0 Å². The van der Waals surface area contributed by atoms with E-state index < -0.39 is 0 Å². The molecule has 1 saturated heterocycles. The van der Waals surface area contributed by atoms with Gasteiger partial charge in [-0.3, -0.25) is 14.9 Å². The smallest absolute Gasteiger partial charge is 0.191 e. The molecule has 1 aliphatic rings. The van der Waals surface area contributed by atoms with E-state index in [-0.39, 0.29) is 24.0 Å². The summed E-state index contributed by atoms with van der Waals surface area (Å²) in [7, 11) is 0. The number of hydrogen-bond acceptors (Lipinski definition) is 4. The summed E-state index contributed by atoms with van der Waals surface area (Å²) in [6.07, 6.45) is 9.09. The first-order valence-corrected chi connectivity index (χ1v) is 11.3. The Bertz CT molecular complexity index is 994. The first-order chi connectivity index (χ1) is 15.2. The van der Waals surface area contributed by atoms with Gasteiger partial charge in [0.25, 0.3) is 0 Å². The molecule has 0 amide bonds. The highest BCUT2D eigenvalue weighted by atomic mass is 127. The Morgan fingerprint density at radius 2 is 2.00 bits per heavy atom. The monoisotopic (exact) mass is 547 g/mol. The number of pyridine rings is 2. The molecule has 0 radical (unpaired) electrons. The van der Waals surface area contributed by atoms with Crippen molar-refractivity contribution in [2.75, 3.05) is 26.2 Å². The predicted molar refractivity (Wildman–Crippen MR) is 141 cm³/mol. The number of likely N-dealkylation sites (tertiary alicyclic amines) is 1. The summed E-state index contributed by atoms with van der Waals surface area (Å²) in [5.41, 5.74) is 4.45. The fourth-order valence-electron chi connectivity index (χ4n) is 4.08. The van der Waals surface area contributed by atoms with Crippen LogP contribution in [0.3, 0.4) is 0 Å². The number of rotatable bonds is 7. The predicted octanol–water partition coefficient (Wildman–Crippen LogP) is 3.42. The number of piperidine rings is 1. The van der Waals surface area contributed by atoms with Gasteiger partial charge in [0, 0.05) is 63.8 Å². The number of hydrogen-bond donors (Lipinski definition) is 2. The topological polar surface area (TPSA) is 69.8 Å². The van der Waals surface area contributed by atoms with Gasteiger partial charge in [0.1, 0.15) is 5.65 Å². The van der Waals surface area contributed by atoms with Crippen molar-refractivity contribution in [2.45, 2.75) is 45.7 Å². The van der Waals surface area contributed by atoms with Crippen LogP contribution in [-0.4, -0.2) is 57.4 Å². The fourth-order valence-corrected chi connectivity index (χ4v) is 4.08. The zero-order chi connectivity index (χ0) is 21.5. The highest BCUT2D eigenvalue weighted by Crippen LogP contribution is 2.13. The minimum absolute atomic E-state index is 0. The van der Waals surface area contributed by atoms with E-state index in [1.807, 2.05) is 18.5 Å². The summed E-state index contributed by atoms with van der Waals surface area (Å²) in [5.74, 6) is 0.908. The van der Waals surface area contributed by atoms with Gasteiger partial charge in [-0.1, -0.05) is 12.1 Å². The Kier molecular flexibility index (Phi) is 9.28. The highest BCUT2D eigenvalue weighted by molar-refractivity contribution is 14.0. The summed E-state index contributed by atoms with van der Waals surface area (Å²) < 4.78 is 2.09. The van der Waals surface area contributed by atoms with E-state index >= 15 is 0 Å². The van der Waals surface area contributed by atoms with Crippen molar-refractivity contribution in [1.29, 1.82) is 0 Å². The van der Waals surface area contributed by atoms with Crippen molar-refractivity contribution in [3.8, 4) is 0 Å². The standard InChI is InChI=1S/C24H33N7.HI/c1-3-25-24(27-13-9-22-18-31-14-6-7-19(2)23(31)28-22)29-20-10-15-30(16-11-20)17-21-8-4-5-12-26-21;/h4-8,12,14,18,20H,3,9-11,13,15-17H2,1-2H3,(H2,25,27,29);1H. The van der Waals surface area contributed by atoms with E-state index in [0.717, 1.165) is 75.0 Å². The van der Waals surface area contributed by atoms with Gasteiger partial charge in [-0.05, 0) is 50.5 Å². The van der Waals surface area contributed by atoms with Gasteiger partial charge in [0.15, 0.2) is 5.96 Å². The lowest BCUT2D eigenvalue weighted by Gasteiger charge is -2.32. The van der Waals surface area contributed by atoms with Crippen LogP contribution >= 0.6 is 24.0 Å². The molecule has 32 heavy (non-hydrogen) atoms. The quantitative estimate of drug-likeness (QED) is 0.270. The molecule has 8 heteroatoms. The van der Waals surface area contributed by atoms with Crippen LogP contribution < -0.4 is 10.6 Å². The van der Waals surface area contributed by atoms with Gasteiger partial charge in [-0.2, -0.15) is 0 Å². The first kappa shape index (κ1) is 24.4. The Morgan fingerprint density at radius 1 is 1.16 bits per heavy atom. The van der Waals surface area contributed by atoms with Gasteiger partial charge < -0.3 is 15.0 Å². The van der Waals surface area contributed by atoms with Gasteiger partial charge in [0.2, 0.25) is 0 Å². The molecule has 0 unspecified atom stereocenters. The summed E-state index contributed by atoms with van der Waals surface area (Å²) in [6, 6.07) is 10.7. The second-order valence-corrected chi connectivity index (χ2v) is 8.18. The molecule has 0 bridgehead atoms. The number of guanidine groups is 1. The largest absolute Gasteiger partial charge is 0.357 e. The molecular formula is C24H34IN7. The van der Waals surface area contributed by atoms with Gasteiger partial charge in [-0.15, -0.1) is 24.0 Å². The molecule has 4 rings (SSSR count). The van der Waals surface area contributed by atoms with Crippen LogP contribution in [-0.2, 0) is 13.0 Å². The molecule has 7 nitrogen and oxygen atoms in total. The summed E-state index contributed by atoms with van der Waals surface area (Å²) in [4.78, 5) is 16.5. The van der Waals surface area contributed by atoms with Crippen LogP contribution in [0.1, 0.15) is 36.7 Å². The molecule has 3 aromatic rings. The zero-order valence-corrected chi connectivity index (χ0v) is 21.3. The number of halogens is 1. The van der Waals surface area contributed by atoms with Crippen LogP contribution in [0.4, 0.5) is 0 Å². The minimum Gasteiger partial charge on any atom is -0.357 e. The van der Waals surface area contributed by atoms with Crippen molar-refractivity contribution in [3.05, 3.63) is 65.9 Å². The molecule has 1 fully saturated rings. The molecule has 0 aromatic carbocycles. The molecule has 0 spiro atoms. The minimum atomic E-state index is 0. The molecule has 172 valence electrons. The lowest BCUT2D eigenvalue weighted by atomic mass is 10.0. The highest BCUT2D eigenvalue weighted by Gasteiger charge is 2.20. The van der Waals surface area contributed by atoms with Crippen molar-refractivity contribution < 1.29 is 0 Å². The molecule has 3 aromatic heterocycles. The molecule has 0 saturated carbocycles. The van der Waals surface area contributed by atoms with E-state index in [1.165, 1.54) is 5.56 Å². The van der Waals surface area contributed by atoms with Crippen molar-refractivity contribution in [1.82, 2.24) is 29.9 Å². The maximum Gasteiger partial charge on any atom is 0.191 e. The number of aliphatic imine (C=N–C) groups is 1. The lowest BCUT2D eigenvalue weighted by molar-refractivity contribution is 0.196. The third kappa shape index (κ3) is 6.65. The zero-order valence-electron chi connectivity index (χ0n) is 19.0. The van der Waals surface area contributed by atoms with Gasteiger partial charge in [-0.25, -0.2) is 4.98 Å². The molecule has 2 N–H and O–H groups in total. The van der Waals surface area contributed by atoms with Gasteiger partial charge in [0.05, 0.1) is 11.4 Å². The van der Waals surface area contributed by atoms with E-state index in [1.54, 1.807) is 0 Å². The first-order valence-electron chi connectivity index (χ1n) is 11.3. The Hall–Kier alpha value is -2.20. The summed E-state index contributed by atoms with van der Waals surface area (Å²) in [6.45, 7) is 8.87. The second-order valence-electron chi connectivity index (χ2n) is 8.18. The van der Waals surface area contributed by atoms with Crippen LogP contribution in [0.15, 0.2) is 53.9 Å². The summed E-state index contributed by atoms with van der Waals surface area (Å²) >= 11 is 0. The normalized spacial score (nSPS) is 15.5. The van der Waals surface area contributed by atoms with Crippen LogP contribution in [0.5, 0.6) is 0 Å². The number of nitrogens with one attached hydrogen (secondary N) is 2. The second kappa shape index (κ2) is 12.2.